The van der Waals surface area contributed by atoms with Crippen molar-refractivity contribution in [2.24, 2.45) is 0 Å². The van der Waals surface area contributed by atoms with Gasteiger partial charge in [-0.25, -0.2) is 9.59 Å². The Morgan fingerprint density at radius 1 is 1.21 bits per heavy atom. The number of likely N-dealkylation sites (tertiary alicyclic amines) is 1. The van der Waals surface area contributed by atoms with Crippen LogP contribution in [-0.2, 0) is 16.1 Å². The van der Waals surface area contributed by atoms with E-state index in [-0.39, 0.29) is 32.5 Å². The number of carbonyl (C=O) groups excluding carboxylic acids is 2. The monoisotopic (exact) mass is 393 g/mol. The van der Waals surface area contributed by atoms with E-state index in [1.165, 1.54) is 4.90 Å². The average molecular weight is 393 g/mol. The molecule has 1 N–H and O–H groups in total. The average Bonchev–Trinajstić information content (AvgIpc) is 2.59. The molecular weight excluding hydrogens is 366 g/mol. The van der Waals surface area contributed by atoms with Gasteiger partial charge in [0.05, 0.1) is 0 Å². The number of nitrogens with one attached hydrogen (secondary N) is 1. The Bertz CT molecular complexity index is 693. The van der Waals surface area contributed by atoms with E-state index in [0.29, 0.717) is 0 Å². The highest BCUT2D eigenvalue weighted by Crippen LogP contribution is 2.24. The molecule has 1 saturated heterocycles. The Balaban J connectivity index is 1.94. The van der Waals surface area contributed by atoms with Gasteiger partial charge < -0.3 is 19.7 Å². The molecule has 0 radical (unpaired) electrons. The van der Waals surface area contributed by atoms with Gasteiger partial charge in [0.15, 0.2) is 0 Å². The lowest BCUT2D eigenvalue weighted by Gasteiger charge is -2.39. The van der Waals surface area contributed by atoms with E-state index in [9.17, 15) is 19.7 Å². The molecule has 0 unspecified atom stereocenters. The second kappa shape index (κ2) is 8.90. The van der Waals surface area contributed by atoms with Crippen molar-refractivity contribution < 1.29 is 24.0 Å². The van der Waals surface area contributed by atoms with E-state index in [2.05, 4.69) is 5.32 Å². The molecule has 1 fully saturated rings. The maximum absolute atomic E-state index is 12.2. The molecular formula is C19H27N3O6. The smallest absolute Gasteiger partial charge is 0.410 e. The molecule has 0 bridgehead atoms. The summed E-state index contributed by atoms with van der Waals surface area (Å²) >= 11 is 0. The Morgan fingerprint density at radius 3 is 2.36 bits per heavy atom. The van der Waals surface area contributed by atoms with Gasteiger partial charge >= 0.3 is 12.2 Å². The normalized spacial score (nSPS) is 16.2. The second-order valence-electron chi connectivity index (χ2n) is 7.93. The third-order valence-electron chi connectivity index (χ3n) is 4.38. The predicted octanol–water partition coefficient (Wildman–Crippen LogP) is 2.96. The lowest BCUT2D eigenvalue weighted by Crippen LogP contribution is -2.59. The molecule has 0 saturated carbocycles. The molecule has 1 aromatic rings. The minimum Gasteiger partial charge on any atom is -0.445 e. The van der Waals surface area contributed by atoms with E-state index in [0.717, 1.165) is 5.56 Å². The molecule has 0 atom stereocenters. The van der Waals surface area contributed by atoms with Gasteiger partial charge in [0, 0.05) is 18.0 Å². The molecule has 2 amide bonds. The van der Waals surface area contributed by atoms with E-state index in [1.54, 1.807) is 20.8 Å². The highest BCUT2D eigenvalue weighted by molar-refractivity contribution is 5.69. The number of rotatable bonds is 5. The number of hydrogen-bond donors (Lipinski definition) is 1. The van der Waals surface area contributed by atoms with E-state index < -0.39 is 34.8 Å². The lowest BCUT2D eigenvalue weighted by atomic mass is 9.87. The molecule has 28 heavy (non-hydrogen) atoms. The summed E-state index contributed by atoms with van der Waals surface area (Å²) in [5.41, 5.74) is -0.859. The molecule has 9 nitrogen and oxygen atoms in total. The van der Waals surface area contributed by atoms with Gasteiger partial charge in [-0.2, -0.15) is 0 Å². The molecule has 0 aromatic heterocycles. The van der Waals surface area contributed by atoms with Crippen molar-refractivity contribution in [1.82, 2.24) is 10.2 Å². The van der Waals surface area contributed by atoms with Crippen LogP contribution >= 0.6 is 0 Å². The Labute approximate surface area is 164 Å². The first-order chi connectivity index (χ1) is 13.1. The summed E-state index contributed by atoms with van der Waals surface area (Å²) in [6.07, 6.45) is -0.688. The summed E-state index contributed by atoms with van der Waals surface area (Å²) in [7, 11) is 0. The highest BCUT2D eigenvalue weighted by atomic mass is 16.6. The molecule has 9 heteroatoms. The van der Waals surface area contributed by atoms with Crippen molar-refractivity contribution >= 4 is 12.2 Å². The van der Waals surface area contributed by atoms with Gasteiger partial charge in [-0.15, -0.1) is 0 Å². The second-order valence-corrected chi connectivity index (χ2v) is 7.93. The maximum atomic E-state index is 12.2. The highest BCUT2D eigenvalue weighted by Gasteiger charge is 2.42. The number of alkyl carbamates (subject to hydrolysis) is 1. The molecule has 0 spiro atoms. The molecule has 2 rings (SSSR count). The molecule has 1 aliphatic rings. The van der Waals surface area contributed by atoms with Crippen LogP contribution in [-0.4, -0.2) is 52.8 Å². The van der Waals surface area contributed by atoms with Crippen molar-refractivity contribution in [3.63, 3.8) is 0 Å². The van der Waals surface area contributed by atoms with Crippen molar-refractivity contribution in [3.05, 3.63) is 46.0 Å². The Hall–Kier alpha value is -2.84. The van der Waals surface area contributed by atoms with E-state index in [1.807, 2.05) is 30.3 Å². The standard InChI is InChI=1S/C19H27N3O6/c1-18(2,3)28-17(24)21-11-9-19(10-12-21,14-22(25)26)20-16(23)27-13-15-7-5-4-6-8-15/h4-8H,9-14H2,1-3H3,(H,20,23). The van der Waals surface area contributed by atoms with Gasteiger partial charge in [0.2, 0.25) is 6.54 Å². The van der Waals surface area contributed by atoms with Gasteiger partial charge in [-0.05, 0) is 39.2 Å². The summed E-state index contributed by atoms with van der Waals surface area (Å²) in [6, 6.07) is 9.15. The summed E-state index contributed by atoms with van der Waals surface area (Å²) in [5, 5.41) is 13.8. The predicted molar refractivity (Wildman–Crippen MR) is 101 cm³/mol. The van der Waals surface area contributed by atoms with Crippen molar-refractivity contribution in [3.8, 4) is 0 Å². The van der Waals surface area contributed by atoms with Crippen LogP contribution in [0.3, 0.4) is 0 Å². The fourth-order valence-corrected chi connectivity index (χ4v) is 2.99. The number of nitro groups is 1. The van der Waals surface area contributed by atoms with Crippen molar-refractivity contribution in [2.75, 3.05) is 19.6 Å². The van der Waals surface area contributed by atoms with E-state index in [4.69, 9.17) is 9.47 Å². The Morgan fingerprint density at radius 2 is 1.82 bits per heavy atom. The zero-order chi connectivity index (χ0) is 20.8. The third-order valence-corrected chi connectivity index (χ3v) is 4.38. The van der Waals surface area contributed by atoms with Gasteiger partial charge in [-0.3, -0.25) is 10.1 Å². The number of amides is 2. The van der Waals surface area contributed by atoms with Crippen LogP contribution in [0.1, 0.15) is 39.2 Å². The van der Waals surface area contributed by atoms with Crippen LogP contribution in [0.15, 0.2) is 30.3 Å². The maximum Gasteiger partial charge on any atom is 0.410 e. The lowest BCUT2D eigenvalue weighted by molar-refractivity contribution is -0.491. The zero-order valence-corrected chi connectivity index (χ0v) is 16.5. The van der Waals surface area contributed by atoms with Gasteiger partial charge in [0.25, 0.3) is 0 Å². The van der Waals surface area contributed by atoms with Gasteiger partial charge in [0.1, 0.15) is 17.7 Å². The number of hydrogen-bond acceptors (Lipinski definition) is 6. The fraction of sp³-hybridized carbons (Fsp3) is 0.579. The number of ether oxygens (including phenoxy) is 2. The molecule has 1 heterocycles. The van der Waals surface area contributed by atoms with E-state index >= 15 is 0 Å². The summed E-state index contributed by atoms with van der Waals surface area (Å²) in [6.45, 7) is 5.47. The molecule has 1 aromatic carbocycles. The Kier molecular flexibility index (Phi) is 6.82. The largest absolute Gasteiger partial charge is 0.445 e. The van der Waals surface area contributed by atoms with Crippen molar-refractivity contribution in [1.29, 1.82) is 0 Å². The first kappa shape index (κ1) is 21.5. The third kappa shape index (κ3) is 6.71. The molecule has 0 aliphatic carbocycles. The SMILES string of the molecule is CC(C)(C)OC(=O)N1CCC(C[N+](=O)[O-])(NC(=O)OCc2ccccc2)CC1. The number of nitrogens with zero attached hydrogens (tertiary/aromatic N) is 2. The summed E-state index contributed by atoms with van der Waals surface area (Å²) in [4.78, 5) is 36.6. The number of carbonyl (C=O) groups is 2. The summed E-state index contributed by atoms with van der Waals surface area (Å²) < 4.78 is 10.5. The van der Waals surface area contributed by atoms with Crippen LogP contribution in [0.2, 0.25) is 0 Å². The van der Waals surface area contributed by atoms with Crippen LogP contribution in [0.4, 0.5) is 9.59 Å². The quantitative estimate of drug-likeness (QED) is 0.608. The van der Waals surface area contributed by atoms with Crippen LogP contribution in [0.25, 0.3) is 0 Å². The summed E-state index contributed by atoms with van der Waals surface area (Å²) in [5.74, 6) is 0. The van der Waals surface area contributed by atoms with Crippen molar-refractivity contribution in [2.45, 2.75) is 51.4 Å². The number of piperidine rings is 1. The number of benzene rings is 1. The topological polar surface area (TPSA) is 111 Å². The van der Waals surface area contributed by atoms with Crippen LogP contribution < -0.4 is 5.32 Å². The van der Waals surface area contributed by atoms with Gasteiger partial charge in [-0.1, -0.05) is 30.3 Å². The first-order valence-electron chi connectivity index (χ1n) is 9.17. The first-order valence-corrected chi connectivity index (χ1v) is 9.17. The molecule has 154 valence electrons. The minimum atomic E-state index is -1.06. The van der Waals surface area contributed by atoms with Crippen LogP contribution in [0.5, 0.6) is 0 Å². The zero-order valence-electron chi connectivity index (χ0n) is 16.5. The molecule has 1 aliphatic heterocycles. The fourth-order valence-electron chi connectivity index (χ4n) is 2.99. The minimum absolute atomic E-state index is 0.0747. The van der Waals surface area contributed by atoms with Crippen LogP contribution in [0, 0.1) is 10.1 Å².